The van der Waals surface area contributed by atoms with Gasteiger partial charge >= 0.3 is 0 Å². The molecule has 1 heteroatoms. The third-order valence-electron chi connectivity index (χ3n) is 5.35. The third kappa shape index (κ3) is 4.86. The number of hydrogen-bond donors (Lipinski definition) is 0. The molecule has 0 aliphatic heterocycles. The van der Waals surface area contributed by atoms with Gasteiger partial charge in [0.05, 0.1) is 0 Å². The molecule has 2 aromatic heterocycles. The zero-order valence-corrected chi connectivity index (χ0v) is 15.5. The summed E-state index contributed by atoms with van der Waals surface area (Å²) in [5.41, 5.74) is 3.16. The van der Waals surface area contributed by atoms with Gasteiger partial charge in [0.15, 0.2) is 0 Å². The molecule has 0 amide bonds. The van der Waals surface area contributed by atoms with E-state index in [1.54, 1.807) is 0 Å². The molecular formula is C22H35N. The van der Waals surface area contributed by atoms with Gasteiger partial charge in [-0.1, -0.05) is 78.2 Å². The van der Waals surface area contributed by atoms with Gasteiger partial charge in [0.25, 0.3) is 0 Å². The van der Waals surface area contributed by atoms with Crippen molar-refractivity contribution in [3.63, 3.8) is 0 Å². The zero-order valence-electron chi connectivity index (χ0n) is 15.5. The number of nitrogens with zero attached hydrogens (tertiary/aromatic N) is 1. The summed E-state index contributed by atoms with van der Waals surface area (Å²) in [4.78, 5) is 0. The molecule has 0 N–H and O–H groups in total. The fourth-order valence-electron chi connectivity index (χ4n) is 3.81. The molecule has 0 unspecified atom stereocenters. The fraction of sp³-hybridized carbons (Fsp3) is 0.636. The van der Waals surface area contributed by atoms with Crippen molar-refractivity contribution < 1.29 is 0 Å². The molecule has 2 rings (SSSR count). The van der Waals surface area contributed by atoms with Gasteiger partial charge in [-0.25, -0.2) is 0 Å². The molecular weight excluding hydrogens is 278 g/mol. The van der Waals surface area contributed by atoms with Gasteiger partial charge in [0.2, 0.25) is 0 Å². The average molecular weight is 314 g/mol. The van der Waals surface area contributed by atoms with Crippen LogP contribution < -0.4 is 0 Å². The van der Waals surface area contributed by atoms with Crippen LogP contribution in [0.15, 0.2) is 36.5 Å². The SMILES string of the molecule is CCCCCCC(C)(CCCCCC)c1ccc2ccccn12. The van der Waals surface area contributed by atoms with Crippen LogP contribution in [-0.4, -0.2) is 4.40 Å². The van der Waals surface area contributed by atoms with Crippen LogP contribution in [0.1, 0.15) is 90.7 Å². The van der Waals surface area contributed by atoms with Crippen molar-refractivity contribution in [2.45, 2.75) is 90.4 Å². The summed E-state index contributed by atoms with van der Waals surface area (Å²) in [6.45, 7) is 7.09. The van der Waals surface area contributed by atoms with E-state index in [0.717, 1.165) is 0 Å². The van der Waals surface area contributed by atoms with Crippen molar-refractivity contribution in [2.75, 3.05) is 0 Å². The van der Waals surface area contributed by atoms with E-state index < -0.39 is 0 Å². The van der Waals surface area contributed by atoms with Crippen LogP contribution in [0.25, 0.3) is 5.52 Å². The van der Waals surface area contributed by atoms with Gasteiger partial charge < -0.3 is 4.40 Å². The summed E-state index contributed by atoms with van der Waals surface area (Å²) in [6.07, 6.45) is 15.7. The van der Waals surface area contributed by atoms with Crippen LogP contribution in [0, 0.1) is 0 Å². The summed E-state index contributed by atoms with van der Waals surface area (Å²) in [6, 6.07) is 11.2. The molecule has 0 radical (unpaired) electrons. The highest BCUT2D eigenvalue weighted by Gasteiger charge is 2.28. The largest absolute Gasteiger partial charge is 0.320 e. The Hall–Kier alpha value is -1.24. The van der Waals surface area contributed by atoms with Gasteiger partial charge in [0.1, 0.15) is 0 Å². The van der Waals surface area contributed by atoms with E-state index in [1.807, 2.05) is 0 Å². The molecule has 128 valence electrons. The summed E-state index contributed by atoms with van der Waals surface area (Å²) in [5, 5.41) is 0. The second kappa shape index (κ2) is 9.15. The molecule has 0 fully saturated rings. The molecule has 0 atom stereocenters. The smallest absolute Gasteiger partial charge is 0.0453 e. The molecule has 0 saturated heterocycles. The average Bonchev–Trinajstić information content (AvgIpc) is 3.01. The first-order chi connectivity index (χ1) is 11.2. The Bertz CT molecular complexity index is 554. The lowest BCUT2D eigenvalue weighted by Crippen LogP contribution is -2.24. The summed E-state index contributed by atoms with van der Waals surface area (Å²) in [7, 11) is 0. The maximum absolute atomic E-state index is 2.50. The van der Waals surface area contributed by atoms with Crippen LogP contribution in [-0.2, 0) is 5.41 Å². The fourth-order valence-corrected chi connectivity index (χ4v) is 3.81. The quantitative estimate of drug-likeness (QED) is 0.388. The number of unbranched alkanes of at least 4 members (excludes halogenated alkanes) is 6. The van der Waals surface area contributed by atoms with E-state index in [4.69, 9.17) is 0 Å². The van der Waals surface area contributed by atoms with Crippen molar-refractivity contribution in [3.8, 4) is 0 Å². The maximum Gasteiger partial charge on any atom is 0.0453 e. The van der Waals surface area contributed by atoms with Crippen molar-refractivity contribution in [2.24, 2.45) is 0 Å². The molecule has 0 bridgehead atoms. The number of fused-ring (bicyclic) bond motifs is 1. The Kier molecular flexibility index (Phi) is 7.20. The molecule has 2 heterocycles. The number of hydrogen-bond acceptors (Lipinski definition) is 0. The Balaban J connectivity index is 2.14. The lowest BCUT2D eigenvalue weighted by molar-refractivity contribution is 0.354. The number of pyridine rings is 1. The van der Waals surface area contributed by atoms with Gasteiger partial charge in [-0.3, -0.25) is 0 Å². The Labute approximate surface area is 143 Å². The highest BCUT2D eigenvalue weighted by Crippen LogP contribution is 2.36. The van der Waals surface area contributed by atoms with Crippen molar-refractivity contribution >= 4 is 5.52 Å². The summed E-state index contributed by atoms with van der Waals surface area (Å²) >= 11 is 0. The summed E-state index contributed by atoms with van der Waals surface area (Å²) in [5.74, 6) is 0. The van der Waals surface area contributed by atoms with Crippen LogP contribution in [0.2, 0.25) is 0 Å². The predicted octanol–water partition coefficient (Wildman–Crippen LogP) is 7.14. The van der Waals surface area contributed by atoms with Crippen LogP contribution >= 0.6 is 0 Å². The third-order valence-corrected chi connectivity index (χ3v) is 5.35. The van der Waals surface area contributed by atoms with E-state index in [2.05, 4.69) is 61.7 Å². The molecule has 23 heavy (non-hydrogen) atoms. The predicted molar refractivity (Wildman–Crippen MR) is 102 cm³/mol. The molecule has 0 aliphatic rings. The highest BCUT2D eigenvalue weighted by molar-refractivity contribution is 5.50. The van der Waals surface area contributed by atoms with Gasteiger partial charge in [-0.2, -0.15) is 0 Å². The molecule has 0 saturated carbocycles. The van der Waals surface area contributed by atoms with E-state index in [9.17, 15) is 0 Å². The van der Waals surface area contributed by atoms with Crippen molar-refractivity contribution in [1.29, 1.82) is 0 Å². The minimum absolute atomic E-state index is 0.315. The molecule has 1 nitrogen and oxygen atoms in total. The monoisotopic (exact) mass is 313 g/mol. The maximum atomic E-state index is 2.50. The molecule has 0 spiro atoms. The molecule has 0 aliphatic carbocycles. The topological polar surface area (TPSA) is 4.41 Å². The lowest BCUT2D eigenvalue weighted by atomic mass is 9.77. The van der Waals surface area contributed by atoms with Crippen LogP contribution in [0.5, 0.6) is 0 Å². The first kappa shape index (κ1) is 18.1. The first-order valence-corrected chi connectivity index (χ1v) is 9.78. The molecule has 2 aromatic rings. The minimum atomic E-state index is 0.315. The zero-order chi connectivity index (χ0) is 16.5. The number of rotatable bonds is 11. The van der Waals surface area contributed by atoms with Crippen molar-refractivity contribution in [3.05, 3.63) is 42.2 Å². The Morgan fingerprint density at radius 2 is 1.43 bits per heavy atom. The van der Waals surface area contributed by atoms with E-state index in [1.165, 1.54) is 75.4 Å². The Morgan fingerprint density at radius 1 is 0.783 bits per heavy atom. The molecule has 0 aromatic carbocycles. The first-order valence-electron chi connectivity index (χ1n) is 9.78. The van der Waals surface area contributed by atoms with E-state index in [0.29, 0.717) is 5.41 Å². The second-order valence-electron chi connectivity index (χ2n) is 7.40. The summed E-state index contributed by atoms with van der Waals surface area (Å²) < 4.78 is 2.42. The normalized spacial score (nSPS) is 12.1. The van der Waals surface area contributed by atoms with Crippen LogP contribution in [0.3, 0.4) is 0 Å². The van der Waals surface area contributed by atoms with Crippen molar-refractivity contribution in [1.82, 2.24) is 4.40 Å². The number of aromatic nitrogens is 1. The van der Waals surface area contributed by atoms with E-state index in [-0.39, 0.29) is 0 Å². The lowest BCUT2D eigenvalue weighted by Gasteiger charge is -2.30. The minimum Gasteiger partial charge on any atom is -0.320 e. The van der Waals surface area contributed by atoms with E-state index >= 15 is 0 Å². The highest BCUT2D eigenvalue weighted by atomic mass is 14.9. The van der Waals surface area contributed by atoms with Gasteiger partial charge in [0, 0.05) is 22.8 Å². The van der Waals surface area contributed by atoms with Crippen LogP contribution in [0.4, 0.5) is 0 Å². The van der Waals surface area contributed by atoms with Gasteiger partial charge in [-0.15, -0.1) is 0 Å². The second-order valence-corrected chi connectivity index (χ2v) is 7.40. The Morgan fingerprint density at radius 3 is 2.04 bits per heavy atom. The van der Waals surface area contributed by atoms with Gasteiger partial charge in [-0.05, 0) is 37.1 Å². The standard InChI is InChI=1S/C22H35N/c1-4-6-8-11-17-22(3,18-12-9-7-5-2)21-16-15-20-14-10-13-19-23(20)21/h10,13-16,19H,4-9,11-12,17-18H2,1-3H3.